The summed E-state index contributed by atoms with van der Waals surface area (Å²) in [6.07, 6.45) is 1.88. The summed E-state index contributed by atoms with van der Waals surface area (Å²) in [4.78, 5) is 0. The third-order valence-corrected chi connectivity index (χ3v) is 4.24. The van der Waals surface area contributed by atoms with Crippen molar-refractivity contribution < 1.29 is 4.74 Å². The van der Waals surface area contributed by atoms with E-state index in [-0.39, 0.29) is 0 Å². The van der Waals surface area contributed by atoms with Gasteiger partial charge in [-0.1, -0.05) is 53.5 Å². The molecule has 0 saturated carbocycles. The molecule has 2 aromatic rings. The topological polar surface area (TPSA) is 21.3 Å². The zero-order chi connectivity index (χ0) is 16.0. The molecular formula is C18H21Cl2NO. The maximum absolute atomic E-state index is 6.30. The standard InChI is InChI=1S/C18H21Cl2NO/c1-18(11-6-12-21-2,14-7-4-3-5-8-14)22-17-13-15(19)9-10-16(17)20/h3-5,7-10,13,21H,6,11-12H2,1-2H3. The maximum Gasteiger partial charge on any atom is 0.140 e. The molecule has 0 amide bonds. The normalized spacial score (nSPS) is 13.6. The number of nitrogens with one attached hydrogen (secondary N) is 1. The number of benzene rings is 2. The molecule has 0 saturated heterocycles. The average Bonchev–Trinajstić information content (AvgIpc) is 2.52. The van der Waals surface area contributed by atoms with Gasteiger partial charge >= 0.3 is 0 Å². The van der Waals surface area contributed by atoms with Gasteiger partial charge in [0, 0.05) is 11.1 Å². The van der Waals surface area contributed by atoms with Crippen LogP contribution in [-0.2, 0) is 5.60 Å². The highest BCUT2D eigenvalue weighted by molar-refractivity contribution is 6.34. The molecule has 2 aromatic carbocycles. The van der Waals surface area contributed by atoms with Gasteiger partial charge < -0.3 is 10.1 Å². The van der Waals surface area contributed by atoms with Gasteiger partial charge in [-0.25, -0.2) is 0 Å². The minimum atomic E-state index is -0.452. The molecule has 1 atom stereocenters. The molecule has 2 rings (SSSR count). The molecule has 22 heavy (non-hydrogen) atoms. The van der Waals surface area contributed by atoms with Gasteiger partial charge in [0.15, 0.2) is 0 Å². The van der Waals surface area contributed by atoms with Crippen molar-refractivity contribution in [3.8, 4) is 5.75 Å². The lowest BCUT2D eigenvalue weighted by Gasteiger charge is -2.32. The Kier molecular flexibility index (Phi) is 6.13. The van der Waals surface area contributed by atoms with Crippen LogP contribution in [0.5, 0.6) is 5.75 Å². The molecule has 0 radical (unpaired) electrons. The largest absolute Gasteiger partial charge is 0.481 e. The zero-order valence-electron chi connectivity index (χ0n) is 12.9. The van der Waals surface area contributed by atoms with E-state index in [1.807, 2.05) is 25.2 Å². The molecule has 0 aliphatic carbocycles. The molecule has 0 spiro atoms. The Balaban J connectivity index is 2.30. The van der Waals surface area contributed by atoms with Crippen molar-refractivity contribution in [3.63, 3.8) is 0 Å². The molecule has 1 N–H and O–H groups in total. The minimum Gasteiger partial charge on any atom is -0.481 e. The Hall–Kier alpha value is -1.22. The summed E-state index contributed by atoms with van der Waals surface area (Å²) in [5, 5.41) is 4.36. The SMILES string of the molecule is CNCCCC(C)(Oc1cc(Cl)ccc1Cl)c1ccccc1. The lowest BCUT2D eigenvalue weighted by Crippen LogP contribution is -2.30. The van der Waals surface area contributed by atoms with Gasteiger partial charge in [0.1, 0.15) is 11.4 Å². The second kappa shape index (κ2) is 7.87. The Morgan fingerprint density at radius 3 is 2.50 bits per heavy atom. The molecular weight excluding hydrogens is 317 g/mol. The van der Waals surface area contributed by atoms with Crippen LogP contribution < -0.4 is 10.1 Å². The van der Waals surface area contributed by atoms with Gasteiger partial charge in [-0.05, 0) is 51.1 Å². The van der Waals surface area contributed by atoms with Gasteiger partial charge in [-0.2, -0.15) is 0 Å². The molecule has 4 heteroatoms. The van der Waals surface area contributed by atoms with Gasteiger partial charge in [0.05, 0.1) is 5.02 Å². The highest BCUT2D eigenvalue weighted by atomic mass is 35.5. The second-order valence-electron chi connectivity index (χ2n) is 5.48. The Morgan fingerprint density at radius 2 is 1.82 bits per heavy atom. The first kappa shape index (κ1) is 17.1. The number of hydrogen-bond donors (Lipinski definition) is 1. The summed E-state index contributed by atoms with van der Waals surface area (Å²) >= 11 is 12.3. The van der Waals surface area contributed by atoms with Crippen LogP contribution in [-0.4, -0.2) is 13.6 Å². The molecule has 0 aliphatic heterocycles. The van der Waals surface area contributed by atoms with Crippen molar-refractivity contribution in [1.82, 2.24) is 5.32 Å². The summed E-state index contributed by atoms with van der Waals surface area (Å²) in [5.74, 6) is 0.616. The predicted molar refractivity (Wildman–Crippen MR) is 94.0 cm³/mol. The first-order valence-electron chi connectivity index (χ1n) is 7.39. The van der Waals surface area contributed by atoms with Crippen molar-refractivity contribution in [2.45, 2.75) is 25.4 Å². The fraction of sp³-hybridized carbons (Fsp3) is 0.333. The van der Waals surface area contributed by atoms with Gasteiger partial charge in [0.2, 0.25) is 0 Å². The van der Waals surface area contributed by atoms with E-state index in [1.165, 1.54) is 0 Å². The molecule has 0 aliphatic rings. The van der Waals surface area contributed by atoms with Gasteiger partial charge in [-0.15, -0.1) is 0 Å². The predicted octanol–water partition coefficient (Wildman–Crippen LogP) is 5.29. The summed E-state index contributed by atoms with van der Waals surface area (Å²) in [7, 11) is 1.95. The molecule has 0 aromatic heterocycles. The van der Waals surface area contributed by atoms with E-state index in [1.54, 1.807) is 18.2 Å². The maximum atomic E-state index is 6.30. The lowest BCUT2D eigenvalue weighted by molar-refractivity contribution is 0.0749. The van der Waals surface area contributed by atoms with Gasteiger partial charge in [0.25, 0.3) is 0 Å². The van der Waals surface area contributed by atoms with Gasteiger partial charge in [-0.3, -0.25) is 0 Å². The van der Waals surface area contributed by atoms with Crippen molar-refractivity contribution in [3.05, 3.63) is 64.1 Å². The van der Waals surface area contributed by atoms with Crippen LogP contribution in [0.2, 0.25) is 10.0 Å². The third kappa shape index (κ3) is 4.39. The smallest absolute Gasteiger partial charge is 0.140 e. The van der Waals surface area contributed by atoms with E-state index in [2.05, 4.69) is 24.4 Å². The van der Waals surface area contributed by atoms with E-state index in [4.69, 9.17) is 27.9 Å². The monoisotopic (exact) mass is 337 g/mol. The van der Waals surface area contributed by atoms with Crippen LogP contribution in [0.3, 0.4) is 0 Å². The van der Waals surface area contributed by atoms with E-state index in [9.17, 15) is 0 Å². The van der Waals surface area contributed by atoms with Crippen LogP contribution in [0.15, 0.2) is 48.5 Å². The molecule has 1 unspecified atom stereocenters. The van der Waals surface area contributed by atoms with Crippen LogP contribution in [0.4, 0.5) is 0 Å². The fourth-order valence-electron chi connectivity index (χ4n) is 2.45. The fourth-order valence-corrected chi connectivity index (χ4v) is 2.76. The van der Waals surface area contributed by atoms with Crippen LogP contribution in [0.25, 0.3) is 0 Å². The Morgan fingerprint density at radius 1 is 1.09 bits per heavy atom. The quantitative estimate of drug-likeness (QED) is 0.693. The van der Waals surface area contributed by atoms with Crippen molar-refractivity contribution in [2.75, 3.05) is 13.6 Å². The van der Waals surface area contributed by atoms with Crippen molar-refractivity contribution >= 4 is 23.2 Å². The zero-order valence-corrected chi connectivity index (χ0v) is 14.4. The average molecular weight is 338 g/mol. The first-order valence-corrected chi connectivity index (χ1v) is 8.15. The third-order valence-electron chi connectivity index (χ3n) is 3.69. The minimum absolute atomic E-state index is 0.452. The molecule has 0 fully saturated rings. The summed E-state index contributed by atoms with van der Waals surface area (Å²) in [5.41, 5.74) is 0.675. The highest BCUT2D eigenvalue weighted by Crippen LogP contribution is 2.37. The van der Waals surface area contributed by atoms with Crippen LogP contribution in [0.1, 0.15) is 25.3 Å². The van der Waals surface area contributed by atoms with Crippen LogP contribution in [0, 0.1) is 0 Å². The number of hydrogen-bond acceptors (Lipinski definition) is 2. The summed E-state index contributed by atoms with van der Waals surface area (Å²) < 4.78 is 6.30. The summed E-state index contributed by atoms with van der Waals surface area (Å²) in [6.45, 7) is 3.03. The first-order chi connectivity index (χ1) is 10.5. The Bertz CT molecular complexity index is 603. The number of ether oxygens (including phenoxy) is 1. The van der Waals surface area contributed by atoms with E-state index in [0.717, 1.165) is 24.9 Å². The van der Waals surface area contributed by atoms with Crippen molar-refractivity contribution in [1.29, 1.82) is 0 Å². The molecule has 2 nitrogen and oxygen atoms in total. The van der Waals surface area contributed by atoms with Crippen molar-refractivity contribution in [2.24, 2.45) is 0 Å². The molecule has 0 heterocycles. The van der Waals surface area contributed by atoms with E-state index < -0.39 is 5.60 Å². The Labute approximate surface area is 142 Å². The second-order valence-corrected chi connectivity index (χ2v) is 6.32. The number of rotatable bonds is 7. The van der Waals surface area contributed by atoms with Crippen LogP contribution >= 0.6 is 23.2 Å². The molecule has 0 bridgehead atoms. The number of halogens is 2. The van der Waals surface area contributed by atoms with E-state index >= 15 is 0 Å². The summed E-state index contributed by atoms with van der Waals surface area (Å²) in [6, 6.07) is 15.5. The molecule has 118 valence electrons. The lowest BCUT2D eigenvalue weighted by atomic mass is 9.90. The highest BCUT2D eigenvalue weighted by Gasteiger charge is 2.29. The van der Waals surface area contributed by atoms with E-state index in [0.29, 0.717) is 15.8 Å².